The molecule has 0 spiro atoms. The Morgan fingerprint density at radius 3 is 2.57 bits per heavy atom. The second-order valence-corrected chi connectivity index (χ2v) is 6.62. The first-order chi connectivity index (χ1) is 13.5. The van der Waals surface area contributed by atoms with Crippen molar-refractivity contribution in [3.05, 3.63) is 76.6 Å². The van der Waals surface area contributed by atoms with Crippen LogP contribution in [0.25, 0.3) is 5.69 Å². The minimum Gasteiger partial charge on any atom is -0.469 e. The number of carbonyl (C=O) groups excluding carboxylic acids is 2. The van der Waals surface area contributed by atoms with Crippen LogP contribution in [0.5, 0.6) is 0 Å². The van der Waals surface area contributed by atoms with E-state index in [0.717, 1.165) is 11.1 Å². The Labute approximate surface area is 167 Å². The zero-order valence-corrected chi connectivity index (χ0v) is 16.2. The van der Waals surface area contributed by atoms with Crippen LogP contribution >= 0.6 is 11.6 Å². The molecule has 1 atom stereocenters. The van der Waals surface area contributed by atoms with Crippen LogP contribution in [-0.2, 0) is 9.53 Å². The third-order valence-electron chi connectivity index (χ3n) is 4.21. The number of ether oxygens (including phenoxy) is 1. The molecule has 0 aliphatic heterocycles. The molecule has 0 saturated heterocycles. The smallest absolute Gasteiger partial charge is 0.307 e. The summed E-state index contributed by atoms with van der Waals surface area (Å²) in [6.45, 7) is 1.96. The molecule has 1 heterocycles. The van der Waals surface area contributed by atoms with Gasteiger partial charge in [0.15, 0.2) is 5.69 Å². The molecule has 144 valence electrons. The predicted octanol–water partition coefficient (Wildman–Crippen LogP) is 3.26. The quantitative estimate of drug-likeness (QED) is 0.644. The van der Waals surface area contributed by atoms with Crippen molar-refractivity contribution in [2.24, 2.45) is 0 Å². The maximum absolute atomic E-state index is 12.7. The van der Waals surface area contributed by atoms with Gasteiger partial charge in [0.1, 0.15) is 0 Å². The fraction of sp³-hybridized carbons (Fsp3) is 0.200. The van der Waals surface area contributed by atoms with Crippen LogP contribution < -0.4 is 5.32 Å². The first-order valence-electron chi connectivity index (χ1n) is 8.59. The van der Waals surface area contributed by atoms with Crippen LogP contribution in [-0.4, -0.2) is 34.0 Å². The van der Waals surface area contributed by atoms with Crippen LogP contribution in [0.3, 0.4) is 0 Å². The Bertz CT molecular complexity index is 985. The van der Waals surface area contributed by atoms with Gasteiger partial charge in [0.2, 0.25) is 0 Å². The number of hydrogen-bond donors (Lipinski definition) is 1. The lowest BCUT2D eigenvalue weighted by molar-refractivity contribution is -0.141. The highest BCUT2D eigenvalue weighted by atomic mass is 35.5. The Hall–Kier alpha value is -3.19. The molecule has 0 radical (unpaired) electrons. The Morgan fingerprint density at radius 1 is 1.18 bits per heavy atom. The van der Waals surface area contributed by atoms with Gasteiger partial charge in [0.25, 0.3) is 5.91 Å². The van der Waals surface area contributed by atoms with E-state index in [1.807, 2.05) is 37.3 Å². The molecule has 1 unspecified atom stereocenters. The number of nitrogens with one attached hydrogen (secondary N) is 1. The van der Waals surface area contributed by atoms with Crippen molar-refractivity contribution in [3.63, 3.8) is 0 Å². The van der Waals surface area contributed by atoms with E-state index in [1.54, 1.807) is 18.2 Å². The largest absolute Gasteiger partial charge is 0.469 e. The summed E-state index contributed by atoms with van der Waals surface area (Å²) in [5, 5.41) is 11.2. The fourth-order valence-electron chi connectivity index (χ4n) is 2.66. The van der Waals surface area contributed by atoms with Gasteiger partial charge in [0, 0.05) is 0 Å². The number of nitrogens with zero attached hydrogens (tertiary/aromatic N) is 3. The molecule has 0 aliphatic carbocycles. The summed E-state index contributed by atoms with van der Waals surface area (Å²) in [4.78, 5) is 24.5. The molecule has 7 nitrogen and oxygen atoms in total. The Morgan fingerprint density at radius 2 is 1.89 bits per heavy atom. The predicted molar refractivity (Wildman–Crippen MR) is 104 cm³/mol. The van der Waals surface area contributed by atoms with E-state index in [2.05, 4.69) is 15.6 Å². The fourth-order valence-corrected chi connectivity index (χ4v) is 2.88. The molecule has 0 aliphatic rings. The van der Waals surface area contributed by atoms with Crippen molar-refractivity contribution < 1.29 is 14.3 Å². The van der Waals surface area contributed by atoms with Crippen LogP contribution in [0, 0.1) is 6.92 Å². The number of methoxy groups -OCH3 is 1. The summed E-state index contributed by atoms with van der Waals surface area (Å²) >= 11 is 6.16. The molecule has 0 fully saturated rings. The minimum atomic E-state index is -0.550. The molecule has 3 aromatic rings. The number of amides is 1. The van der Waals surface area contributed by atoms with Crippen molar-refractivity contribution in [1.82, 2.24) is 20.3 Å². The van der Waals surface area contributed by atoms with Crippen molar-refractivity contribution in [2.45, 2.75) is 19.4 Å². The summed E-state index contributed by atoms with van der Waals surface area (Å²) in [6.07, 6.45) is 1.49. The van der Waals surface area contributed by atoms with E-state index in [0.29, 0.717) is 10.7 Å². The summed E-state index contributed by atoms with van der Waals surface area (Å²) < 4.78 is 6.18. The van der Waals surface area contributed by atoms with Gasteiger partial charge in [-0.05, 0) is 24.6 Å². The van der Waals surface area contributed by atoms with Gasteiger partial charge in [-0.2, -0.15) is 0 Å². The number of esters is 1. The van der Waals surface area contributed by atoms with E-state index in [1.165, 1.54) is 18.0 Å². The topological polar surface area (TPSA) is 86.1 Å². The first-order valence-corrected chi connectivity index (χ1v) is 8.97. The molecule has 1 aromatic heterocycles. The van der Waals surface area contributed by atoms with Crippen molar-refractivity contribution >= 4 is 23.5 Å². The summed E-state index contributed by atoms with van der Waals surface area (Å²) in [5.41, 5.74) is 2.60. The second-order valence-electron chi connectivity index (χ2n) is 6.22. The van der Waals surface area contributed by atoms with E-state index in [4.69, 9.17) is 16.3 Å². The van der Waals surface area contributed by atoms with Gasteiger partial charge in [-0.15, -0.1) is 5.10 Å². The number of aryl methyl sites for hydroxylation is 1. The molecule has 28 heavy (non-hydrogen) atoms. The van der Waals surface area contributed by atoms with E-state index in [-0.39, 0.29) is 12.1 Å². The third kappa shape index (κ3) is 4.55. The normalized spacial score (nSPS) is 11.7. The van der Waals surface area contributed by atoms with Gasteiger partial charge in [0.05, 0.1) is 36.5 Å². The van der Waals surface area contributed by atoms with Gasteiger partial charge < -0.3 is 10.1 Å². The van der Waals surface area contributed by atoms with Crippen molar-refractivity contribution in [2.75, 3.05) is 7.11 Å². The summed E-state index contributed by atoms with van der Waals surface area (Å²) in [5.74, 6) is -0.877. The number of carbonyl (C=O) groups is 2. The third-order valence-corrected chi connectivity index (χ3v) is 4.53. The number of benzene rings is 2. The standard InChI is InChI=1S/C20H19ClN4O3/c1-13-7-9-14(10-8-13)16(11-19(26)28-2)22-20(27)17-12-25(24-23-17)18-6-4-3-5-15(18)21/h3-10,12,16H,11H2,1-2H3,(H,22,27). The summed E-state index contributed by atoms with van der Waals surface area (Å²) in [6, 6.07) is 14.1. The zero-order chi connectivity index (χ0) is 20.1. The molecular formula is C20H19ClN4O3. The lowest BCUT2D eigenvalue weighted by Gasteiger charge is -2.17. The Kier molecular flexibility index (Phi) is 6.06. The highest BCUT2D eigenvalue weighted by Crippen LogP contribution is 2.20. The van der Waals surface area contributed by atoms with Crippen LogP contribution in [0.1, 0.15) is 34.1 Å². The van der Waals surface area contributed by atoms with Gasteiger partial charge >= 0.3 is 5.97 Å². The highest BCUT2D eigenvalue weighted by Gasteiger charge is 2.21. The molecular weight excluding hydrogens is 380 g/mol. The SMILES string of the molecule is COC(=O)CC(NC(=O)c1cn(-c2ccccc2Cl)nn1)c1ccc(C)cc1. The van der Waals surface area contributed by atoms with Crippen molar-refractivity contribution in [3.8, 4) is 5.69 Å². The lowest BCUT2D eigenvalue weighted by Crippen LogP contribution is -2.30. The van der Waals surface area contributed by atoms with E-state index in [9.17, 15) is 9.59 Å². The van der Waals surface area contributed by atoms with Crippen LogP contribution in [0.2, 0.25) is 5.02 Å². The number of hydrogen-bond acceptors (Lipinski definition) is 5. The highest BCUT2D eigenvalue weighted by molar-refractivity contribution is 6.32. The molecule has 8 heteroatoms. The molecule has 1 amide bonds. The molecule has 0 bridgehead atoms. The van der Waals surface area contributed by atoms with Gasteiger partial charge in [-0.25, -0.2) is 4.68 Å². The van der Waals surface area contributed by atoms with E-state index >= 15 is 0 Å². The molecule has 1 N–H and O–H groups in total. The molecule has 3 rings (SSSR count). The van der Waals surface area contributed by atoms with Crippen LogP contribution in [0.4, 0.5) is 0 Å². The lowest BCUT2D eigenvalue weighted by atomic mass is 10.0. The van der Waals surface area contributed by atoms with Gasteiger partial charge in [-0.3, -0.25) is 9.59 Å². The minimum absolute atomic E-state index is 0.00392. The van der Waals surface area contributed by atoms with Crippen molar-refractivity contribution in [1.29, 1.82) is 0 Å². The van der Waals surface area contributed by atoms with Crippen LogP contribution in [0.15, 0.2) is 54.7 Å². The molecule has 0 saturated carbocycles. The second kappa shape index (κ2) is 8.67. The average Bonchev–Trinajstić information content (AvgIpc) is 3.18. The maximum atomic E-state index is 12.7. The van der Waals surface area contributed by atoms with Gasteiger partial charge in [-0.1, -0.05) is 58.8 Å². The molecule has 2 aromatic carbocycles. The first kappa shape index (κ1) is 19.6. The number of rotatable bonds is 6. The number of aromatic nitrogens is 3. The average molecular weight is 399 g/mol. The number of para-hydroxylation sites is 1. The summed E-state index contributed by atoms with van der Waals surface area (Å²) in [7, 11) is 1.31. The Balaban J connectivity index is 1.81. The zero-order valence-electron chi connectivity index (χ0n) is 15.4. The number of halogens is 1. The maximum Gasteiger partial charge on any atom is 0.307 e. The monoisotopic (exact) mass is 398 g/mol. The van der Waals surface area contributed by atoms with E-state index < -0.39 is 17.9 Å².